The molecule has 3 aliphatic heterocycles. The van der Waals surface area contributed by atoms with E-state index in [1.807, 2.05) is 4.90 Å². The van der Waals surface area contributed by atoms with Crippen molar-refractivity contribution in [1.29, 1.82) is 0 Å². The Morgan fingerprint density at radius 3 is 2.51 bits per heavy atom. The molecule has 0 aromatic heterocycles. The summed E-state index contributed by atoms with van der Waals surface area (Å²) in [5.41, 5.74) is 3.60. The Bertz CT molecular complexity index is 1130. The first-order valence-electron chi connectivity index (χ1n) is 12.0. The summed E-state index contributed by atoms with van der Waals surface area (Å²) < 4.78 is 39.2. The van der Waals surface area contributed by atoms with Crippen molar-refractivity contribution in [2.45, 2.75) is 62.3 Å². The second kappa shape index (κ2) is 9.59. The number of hydrogen-bond acceptors (Lipinski definition) is 5. The Morgan fingerprint density at radius 2 is 1.80 bits per heavy atom. The maximum absolute atomic E-state index is 13.1. The summed E-state index contributed by atoms with van der Waals surface area (Å²) in [6, 6.07) is 11.7. The van der Waals surface area contributed by atoms with Gasteiger partial charge >= 0.3 is 6.18 Å². The van der Waals surface area contributed by atoms with Gasteiger partial charge in [0.25, 0.3) is 0 Å². The molecule has 0 aliphatic carbocycles. The minimum Gasteiger partial charge on any atom is -0.299 e. The molecule has 2 unspecified atom stereocenters. The van der Waals surface area contributed by atoms with Crippen molar-refractivity contribution in [1.82, 2.24) is 15.1 Å². The van der Waals surface area contributed by atoms with Gasteiger partial charge in [0, 0.05) is 19.5 Å². The van der Waals surface area contributed by atoms with Gasteiger partial charge in [-0.25, -0.2) is 0 Å². The maximum atomic E-state index is 13.1. The molecule has 35 heavy (non-hydrogen) atoms. The summed E-state index contributed by atoms with van der Waals surface area (Å²) in [6.07, 6.45) is -1.82. The second-order valence-electron chi connectivity index (χ2n) is 9.72. The summed E-state index contributed by atoms with van der Waals surface area (Å²) in [6.45, 7) is 3.05. The number of imide groups is 1. The number of rotatable bonds is 4. The van der Waals surface area contributed by atoms with Crippen LogP contribution in [0.1, 0.15) is 64.8 Å². The van der Waals surface area contributed by atoms with E-state index < -0.39 is 11.7 Å². The summed E-state index contributed by atoms with van der Waals surface area (Å²) in [5.74, 6) is -0.338. The number of carbonyl (C=O) groups is 2. The summed E-state index contributed by atoms with van der Waals surface area (Å²) >= 11 is 4.75. The van der Waals surface area contributed by atoms with Crippen molar-refractivity contribution < 1.29 is 22.8 Å². The molecule has 5 rings (SSSR count). The fourth-order valence-electron chi connectivity index (χ4n) is 5.54. The second-order valence-corrected chi connectivity index (χ2v) is 10.2. The number of nitrogens with one attached hydrogen (secondary N) is 1. The normalized spacial score (nSPS) is 24.5. The third-order valence-electron chi connectivity index (χ3n) is 7.44. The predicted octanol–water partition coefficient (Wildman–Crippen LogP) is 4.63. The van der Waals surface area contributed by atoms with Crippen molar-refractivity contribution >= 4 is 24.4 Å². The molecule has 9 heteroatoms. The Morgan fingerprint density at radius 1 is 1.03 bits per heavy atom. The van der Waals surface area contributed by atoms with Crippen LogP contribution in [0, 0.1) is 0 Å². The summed E-state index contributed by atoms with van der Waals surface area (Å²) in [7, 11) is 0. The number of fused-ring (bicyclic) bond motifs is 1. The van der Waals surface area contributed by atoms with Crippen LogP contribution in [0.2, 0.25) is 0 Å². The minimum atomic E-state index is -4.32. The molecule has 2 fully saturated rings. The molecular weight excluding hydrogens is 475 g/mol. The van der Waals surface area contributed by atoms with Gasteiger partial charge in [0.1, 0.15) is 0 Å². The average Bonchev–Trinajstić information content (AvgIpc) is 3.14. The lowest BCUT2D eigenvalue weighted by Gasteiger charge is -2.32. The third kappa shape index (κ3) is 5.13. The molecular formula is C26H28F3N3O2S. The lowest BCUT2D eigenvalue weighted by Crippen LogP contribution is -2.51. The average molecular weight is 504 g/mol. The molecule has 3 aliphatic rings. The van der Waals surface area contributed by atoms with Crippen LogP contribution in [-0.2, 0) is 28.9 Å². The van der Waals surface area contributed by atoms with Crippen LogP contribution in [0.5, 0.6) is 0 Å². The highest BCUT2D eigenvalue weighted by Crippen LogP contribution is 2.40. The van der Waals surface area contributed by atoms with Crippen molar-refractivity contribution in [3.05, 3.63) is 70.3 Å². The fourth-order valence-corrected chi connectivity index (χ4v) is 6.03. The number of hydrogen-bond donors (Lipinski definition) is 2. The first-order valence-corrected chi connectivity index (χ1v) is 12.5. The number of halogens is 3. The zero-order valence-electron chi connectivity index (χ0n) is 19.2. The molecule has 5 nitrogen and oxygen atoms in total. The van der Waals surface area contributed by atoms with E-state index in [2.05, 4.69) is 28.4 Å². The highest BCUT2D eigenvalue weighted by atomic mass is 32.1. The van der Waals surface area contributed by atoms with Gasteiger partial charge in [0.2, 0.25) is 11.8 Å². The van der Waals surface area contributed by atoms with Crippen LogP contribution >= 0.6 is 12.6 Å². The van der Waals surface area contributed by atoms with E-state index in [1.54, 1.807) is 6.07 Å². The van der Waals surface area contributed by atoms with Crippen LogP contribution in [0.25, 0.3) is 0 Å². The van der Waals surface area contributed by atoms with E-state index in [-0.39, 0.29) is 29.1 Å². The van der Waals surface area contributed by atoms with Crippen LogP contribution in [0.3, 0.4) is 0 Å². The molecule has 0 saturated carbocycles. The lowest BCUT2D eigenvalue weighted by molar-refractivity contribution is -0.138. The van der Waals surface area contributed by atoms with Crippen molar-refractivity contribution in [3.63, 3.8) is 0 Å². The molecule has 0 radical (unpaired) electrons. The molecule has 2 amide bonds. The predicted molar refractivity (Wildman–Crippen MR) is 129 cm³/mol. The van der Waals surface area contributed by atoms with Gasteiger partial charge in [0.15, 0.2) is 0 Å². The topological polar surface area (TPSA) is 52.7 Å². The molecule has 0 bridgehead atoms. The molecule has 0 spiro atoms. The molecule has 2 saturated heterocycles. The number of carbonyl (C=O) groups excluding carboxylic acids is 2. The molecule has 2 atom stereocenters. The fraction of sp³-hybridized carbons (Fsp3) is 0.462. The molecule has 186 valence electrons. The highest BCUT2D eigenvalue weighted by Gasteiger charge is 2.39. The highest BCUT2D eigenvalue weighted by molar-refractivity contribution is 7.80. The van der Waals surface area contributed by atoms with Gasteiger partial charge in [-0.3, -0.25) is 24.7 Å². The van der Waals surface area contributed by atoms with E-state index in [0.29, 0.717) is 19.4 Å². The Labute approximate surface area is 208 Å². The first-order chi connectivity index (χ1) is 16.7. The van der Waals surface area contributed by atoms with Gasteiger partial charge in [0.05, 0.1) is 17.0 Å². The van der Waals surface area contributed by atoms with Crippen LogP contribution in [-0.4, -0.2) is 40.7 Å². The largest absolute Gasteiger partial charge is 0.416 e. The monoisotopic (exact) mass is 503 g/mol. The summed E-state index contributed by atoms with van der Waals surface area (Å²) in [5, 5.41) is 2.24. The number of thiol groups is 1. The van der Waals surface area contributed by atoms with Gasteiger partial charge in [-0.15, -0.1) is 0 Å². The number of benzene rings is 2. The van der Waals surface area contributed by atoms with Gasteiger partial charge in [-0.1, -0.05) is 36.4 Å². The minimum absolute atomic E-state index is 0.139. The number of amides is 2. The van der Waals surface area contributed by atoms with Gasteiger partial charge < -0.3 is 0 Å². The standard InChI is InChI=1S/C26H28F3N3O2S/c27-26(28,29)20-3-1-2-18(13-20)17-8-10-31(11-9-17)14-16-4-5-21-19(12-16)15-32(25(21)35)22-6-7-23(33)30-24(22)34/h1-5,12-13,17,22,25,35H,6-11,14-15H2,(H,30,33,34). The number of alkyl halides is 3. The smallest absolute Gasteiger partial charge is 0.299 e. The maximum Gasteiger partial charge on any atom is 0.416 e. The van der Waals surface area contributed by atoms with Crippen molar-refractivity contribution in [2.75, 3.05) is 13.1 Å². The Kier molecular flexibility index (Phi) is 6.67. The summed E-state index contributed by atoms with van der Waals surface area (Å²) in [4.78, 5) is 28.2. The van der Waals surface area contributed by atoms with Crippen molar-refractivity contribution in [3.8, 4) is 0 Å². The number of likely N-dealkylation sites (tertiary alicyclic amines) is 1. The molecule has 3 heterocycles. The Hall–Kier alpha value is -2.36. The number of piperidine rings is 2. The van der Waals surface area contributed by atoms with Gasteiger partial charge in [-0.2, -0.15) is 25.8 Å². The van der Waals surface area contributed by atoms with E-state index in [0.717, 1.165) is 55.2 Å². The van der Waals surface area contributed by atoms with E-state index >= 15 is 0 Å². The zero-order chi connectivity index (χ0) is 24.7. The van der Waals surface area contributed by atoms with Crippen molar-refractivity contribution in [2.24, 2.45) is 0 Å². The van der Waals surface area contributed by atoms with Crippen LogP contribution in [0.15, 0.2) is 42.5 Å². The van der Waals surface area contributed by atoms with E-state index in [4.69, 9.17) is 12.6 Å². The van der Waals surface area contributed by atoms with E-state index in [1.165, 1.54) is 17.7 Å². The quantitative estimate of drug-likeness (QED) is 0.472. The van der Waals surface area contributed by atoms with E-state index in [9.17, 15) is 22.8 Å². The van der Waals surface area contributed by atoms with Crippen LogP contribution < -0.4 is 5.32 Å². The SMILES string of the molecule is O=C1CCC(N2Cc3cc(CN4CCC(c5cccc(C(F)(F)F)c5)CC4)ccc3C2S)C(=O)N1. The van der Waals surface area contributed by atoms with Gasteiger partial charge in [-0.05, 0) is 66.6 Å². The Balaban J connectivity index is 1.20. The van der Waals surface area contributed by atoms with Crippen LogP contribution in [0.4, 0.5) is 13.2 Å². The third-order valence-corrected chi connectivity index (χ3v) is 8.02. The lowest BCUT2D eigenvalue weighted by atomic mass is 9.88. The molecule has 2 aromatic carbocycles. The zero-order valence-corrected chi connectivity index (χ0v) is 20.1. The first kappa shape index (κ1) is 24.3. The molecule has 2 aromatic rings. The number of nitrogens with zero attached hydrogens (tertiary/aromatic N) is 2. The molecule has 1 N–H and O–H groups in total.